The molecular weight excluding hydrogens is 412 g/mol. The normalized spacial score (nSPS) is 15.6. The molecule has 30 heavy (non-hydrogen) atoms. The Balaban J connectivity index is 1.92. The number of nitrogens with one attached hydrogen (secondary N) is 4. The van der Waals surface area contributed by atoms with Crippen LogP contribution in [0.5, 0.6) is 0 Å². The fraction of sp³-hybridized carbons (Fsp3) is 0.222. The average molecular weight is 434 g/mol. The molecule has 3 rings (SSSR count). The molecule has 0 fully saturated rings. The van der Waals surface area contributed by atoms with Crippen molar-refractivity contribution in [3.63, 3.8) is 0 Å². The lowest BCUT2D eigenvalue weighted by atomic mass is 9.98. The van der Waals surface area contributed by atoms with Crippen LogP contribution in [0.15, 0.2) is 52.5 Å². The first-order valence-electron chi connectivity index (χ1n) is 8.92. The third-order valence-corrected chi connectivity index (χ3v) is 5.47. The number of aliphatic hydroxyl groups is 1. The lowest BCUT2D eigenvalue weighted by Gasteiger charge is -2.17. The molecule has 0 aliphatic carbocycles. The standard InChI is InChI=1S/C18H22N6O5S/c1-10(25)16(18(26)27)20-9-11-5-7-12(8-6-11)13-3-2-4-14(30(19,28)29)15(13)17-21-23-24-22-17/h2-8,10,16,20,23-25H,9H2,1H3,(H,21,22)(H,26,27)(H2,19,28,29). The highest BCUT2D eigenvalue weighted by Crippen LogP contribution is 2.29. The van der Waals surface area contributed by atoms with Crippen molar-refractivity contribution in [1.82, 2.24) is 21.8 Å². The summed E-state index contributed by atoms with van der Waals surface area (Å²) in [6.07, 6.45) is -1.05. The van der Waals surface area contributed by atoms with Gasteiger partial charge in [0, 0.05) is 12.1 Å². The second-order valence-electron chi connectivity index (χ2n) is 6.68. The molecule has 0 aromatic heterocycles. The van der Waals surface area contributed by atoms with Crippen molar-refractivity contribution in [2.24, 2.45) is 10.2 Å². The molecule has 1 heterocycles. The van der Waals surface area contributed by atoms with Gasteiger partial charge in [-0.15, -0.1) is 10.6 Å². The monoisotopic (exact) mass is 434 g/mol. The molecule has 0 saturated carbocycles. The zero-order valence-corrected chi connectivity index (χ0v) is 16.8. The molecular formula is C18H22N6O5S. The number of aliphatic hydroxyl groups excluding tert-OH is 1. The Labute approximate surface area is 173 Å². The SMILES string of the molecule is CC(O)C(NCc1ccc(-c2cccc(S(N)(=O)=O)c2C2=NNNN2)cc1)C(=O)O. The van der Waals surface area contributed by atoms with E-state index in [2.05, 4.69) is 26.9 Å². The highest BCUT2D eigenvalue weighted by atomic mass is 32.2. The summed E-state index contributed by atoms with van der Waals surface area (Å²) in [6.45, 7) is 1.63. The van der Waals surface area contributed by atoms with Crippen LogP contribution >= 0.6 is 0 Å². The fourth-order valence-electron chi connectivity index (χ4n) is 3.06. The van der Waals surface area contributed by atoms with Gasteiger partial charge in [0.25, 0.3) is 0 Å². The maximum absolute atomic E-state index is 12.1. The van der Waals surface area contributed by atoms with Crippen LogP contribution in [0.4, 0.5) is 0 Å². The number of rotatable bonds is 8. The van der Waals surface area contributed by atoms with E-state index in [1.165, 1.54) is 13.0 Å². The number of carboxylic acids is 1. The predicted molar refractivity (Wildman–Crippen MR) is 109 cm³/mol. The molecule has 2 aromatic rings. The molecule has 8 N–H and O–H groups in total. The second-order valence-corrected chi connectivity index (χ2v) is 8.21. The lowest BCUT2D eigenvalue weighted by molar-refractivity contribution is -0.142. The molecule has 2 atom stereocenters. The minimum Gasteiger partial charge on any atom is -0.480 e. The molecule has 11 nitrogen and oxygen atoms in total. The van der Waals surface area contributed by atoms with E-state index in [4.69, 9.17) is 10.2 Å². The van der Waals surface area contributed by atoms with Gasteiger partial charge in [-0.2, -0.15) is 0 Å². The summed E-state index contributed by atoms with van der Waals surface area (Å²) in [5, 5.41) is 30.9. The smallest absolute Gasteiger partial charge is 0.323 e. The highest BCUT2D eigenvalue weighted by Gasteiger charge is 2.24. The van der Waals surface area contributed by atoms with Crippen LogP contribution in [0, 0.1) is 0 Å². The van der Waals surface area contributed by atoms with Crippen molar-refractivity contribution in [2.45, 2.75) is 30.5 Å². The fourth-order valence-corrected chi connectivity index (χ4v) is 3.82. The van der Waals surface area contributed by atoms with Crippen molar-refractivity contribution in [2.75, 3.05) is 0 Å². The summed E-state index contributed by atoms with van der Waals surface area (Å²) in [5.74, 6) is -0.875. The van der Waals surface area contributed by atoms with E-state index in [0.717, 1.165) is 5.56 Å². The number of carboxylic acid groups (broad SMARTS) is 1. The van der Waals surface area contributed by atoms with Crippen molar-refractivity contribution >= 4 is 21.8 Å². The number of nitrogens with zero attached hydrogens (tertiary/aromatic N) is 1. The van der Waals surface area contributed by atoms with Gasteiger partial charge in [-0.3, -0.25) is 15.5 Å². The molecule has 0 radical (unpaired) electrons. The number of hydrazine groups is 2. The number of aliphatic carboxylic acids is 1. The number of carbonyl (C=O) groups is 1. The van der Waals surface area contributed by atoms with Crippen molar-refractivity contribution < 1.29 is 23.4 Å². The van der Waals surface area contributed by atoms with Crippen LogP contribution in [0.1, 0.15) is 18.1 Å². The number of hydrogen-bond donors (Lipinski definition) is 7. The maximum atomic E-state index is 12.1. The van der Waals surface area contributed by atoms with Crippen molar-refractivity contribution in [1.29, 1.82) is 0 Å². The zero-order chi connectivity index (χ0) is 21.9. The van der Waals surface area contributed by atoms with E-state index < -0.39 is 28.1 Å². The summed E-state index contributed by atoms with van der Waals surface area (Å²) in [5.41, 5.74) is 10.2. The Kier molecular flexibility index (Phi) is 6.34. The van der Waals surface area contributed by atoms with Crippen molar-refractivity contribution in [3.8, 4) is 11.1 Å². The number of hydrogen-bond acceptors (Lipinski definition) is 9. The van der Waals surface area contributed by atoms with Gasteiger partial charge in [0.05, 0.1) is 11.0 Å². The summed E-state index contributed by atoms with van der Waals surface area (Å²) in [6, 6.07) is 10.7. The molecule has 1 aliphatic heterocycles. The van der Waals surface area contributed by atoms with Crippen LogP contribution in [-0.4, -0.2) is 42.6 Å². The van der Waals surface area contributed by atoms with E-state index in [9.17, 15) is 18.3 Å². The largest absolute Gasteiger partial charge is 0.480 e. The van der Waals surface area contributed by atoms with E-state index >= 15 is 0 Å². The Morgan fingerprint density at radius 2 is 1.93 bits per heavy atom. The molecule has 0 spiro atoms. The first-order valence-corrected chi connectivity index (χ1v) is 10.5. The van der Waals surface area contributed by atoms with Crippen molar-refractivity contribution in [3.05, 3.63) is 53.6 Å². The number of sulfonamides is 1. The quantitative estimate of drug-likeness (QED) is 0.280. The van der Waals surface area contributed by atoms with Crippen LogP contribution in [-0.2, 0) is 21.4 Å². The van der Waals surface area contributed by atoms with Gasteiger partial charge in [-0.25, -0.2) is 19.1 Å². The van der Waals surface area contributed by atoms with Crippen LogP contribution in [0.25, 0.3) is 11.1 Å². The molecule has 2 unspecified atom stereocenters. The minimum atomic E-state index is -4.01. The van der Waals surface area contributed by atoms with Gasteiger partial charge >= 0.3 is 5.97 Å². The molecule has 1 aliphatic rings. The third kappa shape index (κ3) is 4.75. The highest BCUT2D eigenvalue weighted by molar-refractivity contribution is 7.89. The molecule has 12 heteroatoms. The zero-order valence-electron chi connectivity index (χ0n) is 16.0. The van der Waals surface area contributed by atoms with E-state index in [1.54, 1.807) is 36.4 Å². The van der Waals surface area contributed by atoms with Gasteiger partial charge in [0.15, 0.2) is 5.84 Å². The molecule has 2 aromatic carbocycles. The maximum Gasteiger partial charge on any atom is 0.323 e. The third-order valence-electron chi connectivity index (χ3n) is 4.51. The van der Waals surface area contributed by atoms with E-state index in [0.29, 0.717) is 16.7 Å². The molecule has 0 saturated heterocycles. The Bertz CT molecular complexity index is 1070. The lowest BCUT2D eigenvalue weighted by Crippen LogP contribution is -2.44. The number of amidine groups is 1. The van der Waals surface area contributed by atoms with Crippen LogP contribution in [0.3, 0.4) is 0 Å². The van der Waals surface area contributed by atoms with Gasteiger partial charge < -0.3 is 10.2 Å². The number of nitrogens with two attached hydrogens (primary N) is 1. The first kappa shape index (κ1) is 21.7. The Hall–Kier alpha value is -3.03. The first-order chi connectivity index (χ1) is 14.2. The van der Waals surface area contributed by atoms with Crippen LogP contribution < -0.4 is 27.0 Å². The topological polar surface area (TPSA) is 178 Å². The second kappa shape index (κ2) is 8.77. The van der Waals surface area contributed by atoms with Gasteiger partial charge in [-0.1, -0.05) is 36.4 Å². The van der Waals surface area contributed by atoms with E-state index in [1.807, 2.05) is 0 Å². The molecule has 0 amide bonds. The van der Waals surface area contributed by atoms with Gasteiger partial charge in [0.1, 0.15) is 6.04 Å². The summed E-state index contributed by atoms with van der Waals surface area (Å²) < 4.78 is 24.2. The number of hydrazone groups is 1. The van der Waals surface area contributed by atoms with Crippen LogP contribution in [0.2, 0.25) is 0 Å². The minimum absolute atomic E-state index is 0.0799. The average Bonchev–Trinajstić information content (AvgIpc) is 3.21. The number of benzene rings is 2. The summed E-state index contributed by atoms with van der Waals surface area (Å²) in [7, 11) is -4.01. The predicted octanol–water partition coefficient (Wildman–Crippen LogP) is -0.801. The van der Waals surface area contributed by atoms with E-state index in [-0.39, 0.29) is 17.3 Å². The van der Waals surface area contributed by atoms with Gasteiger partial charge in [0.2, 0.25) is 10.0 Å². The summed E-state index contributed by atoms with van der Waals surface area (Å²) in [4.78, 5) is 11.1. The summed E-state index contributed by atoms with van der Waals surface area (Å²) >= 11 is 0. The molecule has 160 valence electrons. The Morgan fingerprint density at radius 3 is 2.47 bits per heavy atom. The number of primary sulfonamides is 1. The molecule has 0 bridgehead atoms. The Morgan fingerprint density at radius 1 is 1.23 bits per heavy atom. The van der Waals surface area contributed by atoms with Gasteiger partial charge in [-0.05, 0) is 29.7 Å².